The molecule has 0 bridgehead atoms. The molecule has 104 valence electrons. The van der Waals surface area contributed by atoms with Crippen molar-refractivity contribution < 1.29 is 13.9 Å². The molecule has 0 aliphatic rings. The minimum absolute atomic E-state index is 0.247. The van der Waals surface area contributed by atoms with Crippen LogP contribution < -0.4 is 16.2 Å². The maximum Gasteiger partial charge on any atom is 0.248 e. The van der Waals surface area contributed by atoms with Crippen molar-refractivity contribution in [3.05, 3.63) is 65.0 Å². The average Bonchev–Trinajstić information content (AvgIpc) is 2.46. The van der Waals surface area contributed by atoms with Crippen LogP contribution in [0.5, 0.6) is 5.75 Å². The Labute approximate surface area is 116 Å². The van der Waals surface area contributed by atoms with Crippen molar-refractivity contribution in [3.63, 3.8) is 0 Å². The summed E-state index contributed by atoms with van der Waals surface area (Å²) in [5, 5.41) is 0. The third-order valence-corrected chi connectivity index (χ3v) is 2.92. The minimum Gasteiger partial charge on any atom is -0.489 e. The topological polar surface area (TPSA) is 78.3 Å². The van der Waals surface area contributed by atoms with Crippen molar-refractivity contribution in [2.45, 2.75) is 13.2 Å². The zero-order valence-corrected chi connectivity index (χ0v) is 10.8. The molecule has 0 atom stereocenters. The minimum atomic E-state index is -0.486. The van der Waals surface area contributed by atoms with Gasteiger partial charge in [0.2, 0.25) is 5.91 Å². The molecule has 0 aromatic heterocycles. The molecule has 0 saturated carbocycles. The van der Waals surface area contributed by atoms with Gasteiger partial charge < -0.3 is 16.2 Å². The molecule has 0 aliphatic heterocycles. The average molecular weight is 274 g/mol. The summed E-state index contributed by atoms with van der Waals surface area (Å²) in [6.07, 6.45) is 0. The lowest BCUT2D eigenvalue weighted by Gasteiger charge is -2.10. The number of benzene rings is 2. The van der Waals surface area contributed by atoms with Crippen LogP contribution in [0.4, 0.5) is 4.39 Å². The molecule has 2 aromatic carbocycles. The van der Waals surface area contributed by atoms with E-state index >= 15 is 0 Å². The van der Waals surface area contributed by atoms with Crippen LogP contribution in [0.15, 0.2) is 42.5 Å². The fourth-order valence-electron chi connectivity index (χ4n) is 1.80. The van der Waals surface area contributed by atoms with Crippen molar-refractivity contribution in [2.75, 3.05) is 0 Å². The third kappa shape index (κ3) is 3.33. The maximum atomic E-state index is 13.1. The Hall–Kier alpha value is -2.40. The van der Waals surface area contributed by atoms with Crippen LogP contribution in [-0.2, 0) is 13.2 Å². The largest absolute Gasteiger partial charge is 0.489 e. The zero-order valence-electron chi connectivity index (χ0n) is 10.8. The van der Waals surface area contributed by atoms with Crippen molar-refractivity contribution in [2.24, 2.45) is 11.5 Å². The fourth-order valence-corrected chi connectivity index (χ4v) is 1.80. The van der Waals surface area contributed by atoms with E-state index < -0.39 is 5.91 Å². The van der Waals surface area contributed by atoms with E-state index in [1.807, 2.05) is 0 Å². The monoisotopic (exact) mass is 274 g/mol. The van der Waals surface area contributed by atoms with Gasteiger partial charge in [-0.25, -0.2) is 4.39 Å². The van der Waals surface area contributed by atoms with E-state index in [0.29, 0.717) is 16.9 Å². The highest BCUT2D eigenvalue weighted by Crippen LogP contribution is 2.16. The first kappa shape index (κ1) is 14.0. The van der Waals surface area contributed by atoms with Crippen molar-refractivity contribution in [1.82, 2.24) is 0 Å². The first-order valence-corrected chi connectivity index (χ1v) is 6.10. The summed E-state index contributed by atoms with van der Waals surface area (Å²) in [4.78, 5) is 10.9. The number of rotatable bonds is 5. The van der Waals surface area contributed by atoms with Gasteiger partial charge in [0.25, 0.3) is 0 Å². The first-order valence-electron chi connectivity index (χ1n) is 6.10. The van der Waals surface area contributed by atoms with Gasteiger partial charge in [0.15, 0.2) is 0 Å². The number of amides is 1. The van der Waals surface area contributed by atoms with E-state index in [9.17, 15) is 9.18 Å². The molecule has 4 N–H and O–H groups in total. The molecule has 5 heteroatoms. The molecule has 1 amide bonds. The molecule has 0 unspecified atom stereocenters. The summed E-state index contributed by atoms with van der Waals surface area (Å²) in [6, 6.07) is 10.9. The number of carbonyl (C=O) groups is 1. The van der Waals surface area contributed by atoms with E-state index in [4.69, 9.17) is 16.2 Å². The summed E-state index contributed by atoms with van der Waals surface area (Å²) in [7, 11) is 0. The molecule has 0 fully saturated rings. The van der Waals surface area contributed by atoms with Gasteiger partial charge in [0.1, 0.15) is 18.2 Å². The number of nitrogens with two attached hydrogens (primary N) is 2. The van der Waals surface area contributed by atoms with Crippen LogP contribution in [-0.4, -0.2) is 5.91 Å². The van der Waals surface area contributed by atoms with Gasteiger partial charge >= 0.3 is 0 Å². The molecule has 2 aromatic rings. The van der Waals surface area contributed by atoms with Crippen molar-refractivity contribution in [1.29, 1.82) is 0 Å². The van der Waals surface area contributed by atoms with Crippen molar-refractivity contribution >= 4 is 5.91 Å². The maximum absolute atomic E-state index is 13.1. The van der Waals surface area contributed by atoms with Crippen LogP contribution in [0.25, 0.3) is 0 Å². The Kier molecular flexibility index (Phi) is 4.32. The number of carbonyl (C=O) groups excluding carboxylic acids is 1. The molecule has 20 heavy (non-hydrogen) atoms. The molecule has 0 saturated heterocycles. The molecule has 0 heterocycles. The zero-order chi connectivity index (χ0) is 14.5. The van der Waals surface area contributed by atoms with Crippen LogP contribution in [0, 0.1) is 5.82 Å². The molecular weight excluding hydrogens is 259 g/mol. The first-order chi connectivity index (χ1) is 9.60. The van der Waals surface area contributed by atoms with Crippen LogP contribution in [0.2, 0.25) is 0 Å². The van der Waals surface area contributed by atoms with Gasteiger partial charge in [0, 0.05) is 12.1 Å². The fraction of sp³-hybridized carbons (Fsp3) is 0.133. The Morgan fingerprint density at radius 2 is 1.80 bits per heavy atom. The summed E-state index contributed by atoms with van der Waals surface area (Å²) < 4.78 is 18.7. The lowest BCUT2D eigenvalue weighted by molar-refractivity contribution is 0.100. The van der Waals surface area contributed by atoms with Gasteiger partial charge in [-0.15, -0.1) is 0 Å². The standard InChI is InChI=1S/C15H15FN2O2/c16-13-4-1-11(12(7-13)8-17)9-20-14-5-2-10(3-6-14)15(18)19/h1-7H,8-9,17H2,(H2,18,19). The van der Waals surface area contributed by atoms with Gasteiger partial charge in [-0.2, -0.15) is 0 Å². The van der Waals surface area contributed by atoms with E-state index in [-0.39, 0.29) is 19.0 Å². The predicted molar refractivity (Wildman–Crippen MR) is 73.6 cm³/mol. The van der Waals surface area contributed by atoms with Gasteiger partial charge in [0.05, 0.1) is 0 Å². The van der Waals surface area contributed by atoms with Crippen LogP contribution >= 0.6 is 0 Å². The summed E-state index contributed by atoms with van der Waals surface area (Å²) in [6.45, 7) is 0.528. The second-order valence-electron chi connectivity index (χ2n) is 4.29. The number of ether oxygens (including phenoxy) is 1. The second-order valence-corrected chi connectivity index (χ2v) is 4.29. The SMILES string of the molecule is NCc1cc(F)ccc1COc1ccc(C(N)=O)cc1. The van der Waals surface area contributed by atoms with E-state index in [0.717, 1.165) is 5.56 Å². The van der Waals surface area contributed by atoms with Gasteiger partial charge in [-0.1, -0.05) is 6.07 Å². The second kappa shape index (κ2) is 6.16. The number of hydrogen-bond acceptors (Lipinski definition) is 3. The van der Waals surface area contributed by atoms with E-state index in [1.54, 1.807) is 30.3 Å². The van der Waals surface area contributed by atoms with Crippen LogP contribution in [0.1, 0.15) is 21.5 Å². The summed E-state index contributed by atoms with van der Waals surface area (Å²) in [5.41, 5.74) is 12.7. The summed E-state index contributed by atoms with van der Waals surface area (Å²) >= 11 is 0. The lowest BCUT2D eigenvalue weighted by atomic mass is 10.1. The van der Waals surface area contributed by atoms with Gasteiger partial charge in [-0.3, -0.25) is 4.79 Å². The van der Waals surface area contributed by atoms with E-state index in [1.165, 1.54) is 12.1 Å². The smallest absolute Gasteiger partial charge is 0.248 e. The predicted octanol–water partition coefficient (Wildman–Crippen LogP) is 1.96. The number of halogens is 1. The Morgan fingerprint density at radius 1 is 1.10 bits per heavy atom. The number of primary amides is 1. The normalized spacial score (nSPS) is 10.3. The highest BCUT2D eigenvalue weighted by molar-refractivity contribution is 5.92. The highest BCUT2D eigenvalue weighted by Gasteiger charge is 2.05. The Bertz CT molecular complexity index is 612. The van der Waals surface area contributed by atoms with Crippen molar-refractivity contribution in [3.8, 4) is 5.75 Å². The lowest BCUT2D eigenvalue weighted by Crippen LogP contribution is -2.10. The third-order valence-electron chi connectivity index (χ3n) is 2.92. The molecule has 0 radical (unpaired) electrons. The molecule has 0 aliphatic carbocycles. The van der Waals surface area contributed by atoms with E-state index in [2.05, 4.69) is 0 Å². The molecule has 2 rings (SSSR count). The van der Waals surface area contributed by atoms with Crippen LogP contribution in [0.3, 0.4) is 0 Å². The molecule has 0 spiro atoms. The molecule has 4 nitrogen and oxygen atoms in total. The summed E-state index contributed by atoms with van der Waals surface area (Å²) in [5.74, 6) is -0.206. The Balaban J connectivity index is 2.06. The Morgan fingerprint density at radius 3 is 2.40 bits per heavy atom. The highest BCUT2D eigenvalue weighted by atomic mass is 19.1. The molecular formula is C15H15FN2O2. The van der Waals surface area contributed by atoms with Gasteiger partial charge in [-0.05, 0) is 47.5 Å². The quantitative estimate of drug-likeness (QED) is 0.874. The number of hydrogen-bond donors (Lipinski definition) is 2.